The standard InChI is InChI=1S/C29H24N2O3/c1-18-15-19(2)17-21(16-18)31-28(32)26(23-12-6-7-14-25(23)34-3)27(29(31)33)30-24-13-8-10-20-9-4-5-11-22(20)24/h4-17,30H,1-3H3. The molecule has 0 spiro atoms. The SMILES string of the molecule is COc1ccccc1C1=C(Nc2cccc3ccccc23)C(=O)N(c2cc(C)cc(C)c2)C1=O. The highest BCUT2D eigenvalue weighted by atomic mass is 16.5. The van der Waals surface area contributed by atoms with Crippen LogP contribution in [0.4, 0.5) is 11.4 Å². The van der Waals surface area contributed by atoms with Crippen LogP contribution < -0.4 is 15.0 Å². The molecule has 5 nitrogen and oxygen atoms in total. The summed E-state index contributed by atoms with van der Waals surface area (Å²) in [5.74, 6) is -0.260. The van der Waals surface area contributed by atoms with E-state index in [-0.39, 0.29) is 17.2 Å². The number of ether oxygens (including phenoxy) is 1. The largest absolute Gasteiger partial charge is 0.496 e. The summed E-state index contributed by atoms with van der Waals surface area (Å²) in [5.41, 5.74) is 4.34. The minimum absolute atomic E-state index is 0.227. The van der Waals surface area contributed by atoms with E-state index < -0.39 is 5.91 Å². The summed E-state index contributed by atoms with van der Waals surface area (Å²) in [5, 5.41) is 5.30. The van der Waals surface area contributed by atoms with Crippen molar-refractivity contribution >= 4 is 39.5 Å². The zero-order valence-electron chi connectivity index (χ0n) is 19.3. The van der Waals surface area contributed by atoms with Gasteiger partial charge in [0, 0.05) is 16.6 Å². The minimum Gasteiger partial charge on any atom is -0.496 e. The second-order valence-corrected chi connectivity index (χ2v) is 8.39. The zero-order valence-corrected chi connectivity index (χ0v) is 19.3. The Balaban J connectivity index is 1.70. The Morgan fingerprint density at radius 3 is 2.21 bits per heavy atom. The zero-order chi connectivity index (χ0) is 23.8. The van der Waals surface area contributed by atoms with Gasteiger partial charge in [-0.2, -0.15) is 0 Å². The van der Waals surface area contributed by atoms with E-state index >= 15 is 0 Å². The van der Waals surface area contributed by atoms with Crippen LogP contribution in [0.5, 0.6) is 5.75 Å². The van der Waals surface area contributed by atoms with Crippen molar-refractivity contribution < 1.29 is 14.3 Å². The van der Waals surface area contributed by atoms with Gasteiger partial charge >= 0.3 is 0 Å². The molecule has 0 aromatic heterocycles. The maximum atomic E-state index is 13.8. The van der Waals surface area contributed by atoms with E-state index in [0.717, 1.165) is 27.6 Å². The molecule has 0 saturated carbocycles. The topological polar surface area (TPSA) is 58.6 Å². The number of benzene rings is 4. The molecule has 0 saturated heterocycles. The van der Waals surface area contributed by atoms with Gasteiger partial charge in [-0.15, -0.1) is 0 Å². The second kappa shape index (κ2) is 8.52. The number of nitrogens with one attached hydrogen (secondary N) is 1. The second-order valence-electron chi connectivity index (χ2n) is 8.39. The Kier molecular flexibility index (Phi) is 5.38. The fourth-order valence-electron chi connectivity index (χ4n) is 4.53. The maximum Gasteiger partial charge on any atom is 0.282 e. The Morgan fingerprint density at radius 1 is 0.765 bits per heavy atom. The third-order valence-corrected chi connectivity index (χ3v) is 5.97. The Labute approximate surface area is 198 Å². The maximum absolute atomic E-state index is 13.8. The molecule has 5 rings (SSSR count). The highest BCUT2D eigenvalue weighted by molar-refractivity contribution is 6.46. The van der Waals surface area contributed by atoms with E-state index in [1.54, 1.807) is 19.2 Å². The van der Waals surface area contributed by atoms with Gasteiger partial charge in [-0.25, -0.2) is 4.90 Å². The number of carbonyl (C=O) groups excluding carboxylic acids is 2. The fraction of sp³-hybridized carbons (Fsp3) is 0.103. The third kappa shape index (κ3) is 3.61. The molecule has 4 aromatic carbocycles. The first-order valence-electron chi connectivity index (χ1n) is 11.1. The number of methoxy groups -OCH3 is 1. The van der Waals surface area contributed by atoms with Crippen molar-refractivity contribution in [1.82, 2.24) is 0 Å². The monoisotopic (exact) mass is 448 g/mol. The van der Waals surface area contributed by atoms with Crippen LogP contribution in [0.2, 0.25) is 0 Å². The van der Waals surface area contributed by atoms with Gasteiger partial charge < -0.3 is 10.1 Å². The van der Waals surface area contributed by atoms with Gasteiger partial charge in [-0.1, -0.05) is 60.7 Å². The number of amides is 2. The van der Waals surface area contributed by atoms with Gasteiger partial charge in [0.05, 0.1) is 18.4 Å². The molecular weight excluding hydrogens is 424 g/mol. The van der Waals surface area contributed by atoms with E-state index in [4.69, 9.17) is 4.74 Å². The molecule has 168 valence electrons. The normalized spacial score (nSPS) is 13.7. The van der Waals surface area contributed by atoms with Crippen LogP contribution in [0, 0.1) is 13.8 Å². The number of carbonyl (C=O) groups is 2. The van der Waals surface area contributed by atoms with Crippen molar-refractivity contribution in [3.8, 4) is 5.75 Å². The van der Waals surface area contributed by atoms with Gasteiger partial charge in [0.1, 0.15) is 11.4 Å². The third-order valence-electron chi connectivity index (χ3n) is 5.97. The predicted molar refractivity (Wildman–Crippen MR) is 136 cm³/mol. The van der Waals surface area contributed by atoms with Gasteiger partial charge in [-0.3, -0.25) is 9.59 Å². The first-order valence-corrected chi connectivity index (χ1v) is 11.1. The van der Waals surface area contributed by atoms with Crippen LogP contribution in [-0.2, 0) is 9.59 Å². The molecule has 4 aromatic rings. The molecule has 0 unspecified atom stereocenters. The molecule has 2 amide bonds. The lowest BCUT2D eigenvalue weighted by atomic mass is 10.0. The van der Waals surface area contributed by atoms with Crippen LogP contribution in [0.3, 0.4) is 0 Å². The molecule has 1 aliphatic heterocycles. The van der Waals surface area contributed by atoms with Crippen LogP contribution in [-0.4, -0.2) is 18.9 Å². The van der Waals surface area contributed by atoms with E-state index in [0.29, 0.717) is 17.0 Å². The fourth-order valence-corrected chi connectivity index (χ4v) is 4.53. The highest BCUT2D eigenvalue weighted by Crippen LogP contribution is 2.38. The lowest BCUT2D eigenvalue weighted by Gasteiger charge is -2.17. The van der Waals surface area contributed by atoms with Crippen molar-refractivity contribution in [3.63, 3.8) is 0 Å². The summed E-state index contributed by atoms with van der Waals surface area (Å²) in [6.45, 7) is 3.90. The Morgan fingerprint density at radius 2 is 1.44 bits per heavy atom. The summed E-state index contributed by atoms with van der Waals surface area (Å²) >= 11 is 0. The number of hydrogen-bond acceptors (Lipinski definition) is 4. The van der Waals surface area contributed by atoms with Gasteiger partial charge in [0.2, 0.25) is 0 Å². The van der Waals surface area contributed by atoms with E-state index in [9.17, 15) is 9.59 Å². The lowest BCUT2D eigenvalue weighted by Crippen LogP contribution is -2.32. The number of imide groups is 1. The smallest absolute Gasteiger partial charge is 0.282 e. The quantitative estimate of drug-likeness (QED) is 0.389. The number of nitrogens with zero attached hydrogens (tertiary/aromatic N) is 1. The molecule has 1 heterocycles. The molecular formula is C29H24N2O3. The van der Waals surface area contributed by atoms with Crippen molar-refractivity contribution in [2.75, 3.05) is 17.3 Å². The molecule has 34 heavy (non-hydrogen) atoms. The van der Waals surface area contributed by atoms with Crippen molar-refractivity contribution in [2.45, 2.75) is 13.8 Å². The molecule has 0 bridgehead atoms. The summed E-state index contributed by atoms with van der Waals surface area (Å²) in [6, 6.07) is 26.7. The molecule has 0 fully saturated rings. The summed E-state index contributed by atoms with van der Waals surface area (Å²) in [6.07, 6.45) is 0. The van der Waals surface area contributed by atoms with Gasteiger partial charge in [0.25, 0.3) is 11.8 Å². The highest BCUT2D eigenvalue weighted by Gasteiger charge is 2.41. The summed E-state index contributed by atoms with van der Waals surface area (Å²) in [7, 11) is 1.56. The molecule has 1 aliphatic rings. The molecule has 5 heteroatoms. The van der Waals surface area contributed by atoms with Gasteiger partial charge in [0.15, 0.2) is 0 Å². The average molecular weight is 449 g/mol. The average Bonchev–Trinajstić information content (AvgIpc) is 3.07. The van der Waals surface area contributed by atoms with Crippen molar-refractivity contribution in [3.05, 3.63) is 107 Å². The first-order chi connectivity index (χ1) is 16.5. The summed E-state index contributed by atoms with van der Waals surface area (Å²) < 4.78 is 5.55. The number of fused-ring (bicyclic) bond motifs is 1. The lowest BCUT2D eigenvalue weighted by molar-refractivity contribution is -0.120. The van der Waals surface area contributed by atoms with E-state index in [2.05, 4.69) is 5.32 Å². The number of aryl methyl sites for hydroxylation is 2. The Hall–Kier alpha value is -4.38. The van der Waals surface area contributed by atoms with E-state index in [1.807, 2.05) is 86.6 Å². The molecule has 0 atom stereocenters. The molecule has 0 radical (unpaired) electrons. The minimum atomic E-state index is -0.399. The number of hydrogen-bond donors (Lipinski definition) is 1. The molecule has 1 N–H and O–H groups in total. The first kappa shape index (κ1) is 21.5. The summed E-state index contributed by atoms with van der Waals surface area (Å²) in [4.78, 5) is 28.9. The van der Waals surface area contributed by atoms with Crippen LogP contribution in [0.15, 0.2) is 90.6 Å². The predicted octanol–water partition coefficient (Wildman–Crippen LogP) is 5.86. The van der Waals surface area contributed by atoms with Crippen LogP contribution in [0.1, 0.15) is 16.7 Å². The van der Waals surface area contributed by atoms with Gasteiger partial charge in [-0.05, 0) is 54.6 Å². The van der Waals surface area contributed by atoms with Crippen LogP contribution >= 0.6 is 0 Å². The van der Waals surface area contributed by atoms with Crippen molar-refractivity contribution in [1.29, 1.82) is 0 Å². The number of anilines is 2. The van der Waals surface area contributed by atoms with Crippen LogP contribution in [0.25, 0.3) is 16.3 Å². The Bertz CT molecular complexity index is 1460. The van der Waals surface area contributed by atoms with Crippen molar-refractivity contribution in [2.24, 2.45) is 0 Å². The van der Waals surface area contributed by atoms with E-state index in [1.165, 1.54) is 4.90 Å². The number of para-hydroxylation sites is 1. The molecule has 0 aliphatic carbocycles. The number of rotatable bonds is 5.